The summed E-state index contributed by atoms with van der Waals surface area (Å²) in [4.78, 5) is 22.5. The molecule has 4 heterocycles. The number of aromatic nitrogens is 6. The first kappa shape index (κ1) is 16.0. The zero-order chi connectivity index (χ0) is 18.1. The van der Waals surface area contributed by atoms with Gasteiger partial charge in [0.15, 0.2) is 0 Å². The lowest BCUT2D eigenvalue weighted by Crippen LogP contribution is -2.39. The van der Waals surface area contributed by atoms with Gasteiger partial charge in [-0.25, -0.2) is 9.67 Å². The number of rotatable bonds is 4. The normalized spacial score (nSPS) is 16.8. The molecule has 132 valence electrons. The molecule has 1 amide bonds. The van der Waals surface area contributed by atoms with Crippen molar-refractivity contribution in [3.63, 3.8) is 0 Å². The number of nitrogens with one attached hydrogen (secondary N) is 1. The van der Waals surface area contributed by atoms with E-state index < -0.39 is 0 Å². The summed E-state index contributed by atoms with van der Waals surface area (Å²) in [5.74, 6) is -0.0918. The summed E-state index contributed by atoms with van der Waals surface area (Å²) in [6.07, 6.45) is 7.72. The maximum Gasteiger partial charge on any atom is 0.252 e. The number of aryl methyl sites for hydroxylation is 1. The van der Waals surface area contributed by atoms with Crippen molar-refractivity contribution in [2.24, 2.45) is 7.05 Å². The number of hydrogen-bond acceptors (Lipinski definition) is 7. The third kappa shape index (κ3) is 2.95. The average Bonchev–Trinajstić information content (AvgIpc) is 3.36. The summed E-state index contributed by atoms with van der Waals surface area (Å²) in [5, 5.41) is 21.0. The maximum absolute atomic E-state index is 12.2. The SMILES string of the molecule is Cn1ncc2c(N3CC[C@H](NC(=O)Cn4cnc(C#N)n4)C3)cncc21. The Morgan fingerprint density at radius 3 is 3.12 bits per heavy atom. The summed E-state index contributed by atoms with van der Waals surface area (Å²) in [6, 6.07) is 1.89. The molecule has 0 aromatic carbocycles. The fourth-order valence-electron chi connectivity index (χ4n) is 3.24. The number of amides is 1. The number of nitrogens with zero attached hydrogens (tertiary/aromatic N) is 8. The van der Waals surface area contributed by atoms with Gasteiger partial charge < -0.3 is 10.2 Å². The summed E-state index contributed by atoms with van der Waals surface area (Å²) >= 11 is 0. The van der Waals surface area contributed by atoms with E-state index in [9.17, 15) is 4.79 Å². The molecule has 3 aromatic heterocycles. The maximum atomic E-state index is 12.2. The molecule has 1 aliphatic rings. The van der Waals surface area contributed by atoms with Crippen LogP contribution in [0.15, 0.2) is 24.9 Å². The molecular weight excluding hydrogens is 334 g/mol. The van der Waals surface area contributed by atoms with E-state index in [1.54, 1.807) is 10.9 Å². The van der Waals surface area contributed by atoms with E-state index in [0.717, 1.165) is 29.6 Å². The van der Waals surface area contributed by atoms with E-state index in [4.69, 9.17) is 5.26 Å². The molecule has 1 atom stereocenters. The molecule has 10 heteroatoms. The van der Waals surface area contributed by atoms with Gasteiger partial charge in [0.05, 0.1) is 29.8 Å². The highest BCUT2D eigenvalue weighted by Gasteiger charge is 2.26. The summed E-state index contributed by atoms with van der Waals surface area (Å²) in [7, 11) is 1.89. The van der Waals surface area contributed by atoms with Gasteiger partial charge in [-0.1, -0.05) is 0 Å². The first-order valence-corrected chi connectivity index (χ1v) is 8.23. The predicted octanol–water partition coefficient (Wildman–Crippen LogP) is -0.173. The molecular formula is C16H17N9O. The third-order valence-electron chi connectivity index (χ3n) is 4.49. The Morgan fingerprint density at radius 1 is 1.42 bits per heavy atom. The number of anilines is 1. The molecule has 0 aliphatic carbocycles. The first-order valence-electron chi connectivity index (χ1n) is 8.23. The van der Waals surface area contributed by atoms with E-state index in [0.29, 0.717) is 6.54 Å². The van der Waals surface area contributed by atoms with Crippen molar-refractivity contribution in [3.05, 3.63) is 30.7 Å². The minimum absolute atomic E-state index is 0.0466. The van der Waals surface area contributed by atoms with Crippen LogP contribution in [-0.2, 0) is 18.4 Å². The fourth-order valence-corrected chi connectivity index (χ4v) is 3.24. The van der Waals surface area contributed by atoms with Crippen molar-refractivity contribution in [2.75, 3.05) is 18.0 Å². The van der Waals surface area contributed by atoms with Crippen molar-refractivity contribution in [1.29, 1.82) is 5.26 Å². The van der Waals surface area contributed by atoms with Gasteiger partial charge in [-0.3, -0.25) is 14.5 Å². The molecule has 4 rings (SSSR count). The van der Waals surface area contributed by atoms with Crippen LogP contribution in [0.4, 0.5) is 5.69 Å². The molecule has 0 spiro atoms. The summed E-state index contributed by atoms with van der Waals surface area (Å²) < 4.78 is 3.16. The number of carbonyl (C=O) groups excluding carboxylic acids is 1. The second-order valence-electron chi connectivity index (χ2n) is 6.24. The second kappa shape index (κ2) is 6.44. The molecule has 0 radical (unpaired) electrons. The first-order chi connectivity index (χ1) is 12.6. The van der Waals surface area contributed by atoms with Crippen LogP contribution in [0.5, 0.6) is 0 Å². The van der Waals surface area contributed by atoms with Crippen molar-refractivity contribution in [1.82, 2.24) is 34.8 Å². The Bertz CT molecular complexity index is 999. The third-order valence-corrected chi connectivity index (χ3v) is 4.49. The van der Waals surface area contributed by atoms with Gasteiger partial charge in [-0.2, -0.15) is 10.4 Å². The minimum Gasteiger partial charge on any atom is -0.368 e. The molecule has 1 fully saturated rings. The van der Waals surface area contributed by atoms with Gasteiger partial charge in [0.2, 0.25) is 5.91 Å². The molecule has 26 heavy (non-hydrogen) atoms. The number of fused-ring (bicyclic) bond motifs is 1. The van der Waals surface area contributed by atoms with Gasteiger partial charge in [0.25, 0.3) is 5.82 Å². The van der Waals surface area contributed by atoms with Crippen LogP contribution in [0.2, 0.25) is 0 Å². The van der Waals surface area contributed by atoms with E-state index in [1.807, 2.05) is 25.5 Å². The summed E-state index contributed by atoms with van der Waals surface area (Å²) in [5.41, 5.74) is 2.01. The van der Waals surface area contributed by atoms with Crippen LogP contribution in [0, 0.1) is 11.3 Å². The highest BCUT2D eigenvalue weighted by Crippen LogP contribution is 2.27. The second-order valence-corrected chi connectivity index (χ2v) is 6.24. The van der Waals surface area contributed by atoms with Gasteiger partial charge in [0, 0.05) is 31.6 Å². The molecule has 10 nitrogen and oxygen atoms in total. The molecule has 1 saturated heterocycles. The van der Waals surface area contributed by atoms with E-state index >= 15 is 0 Å². The smallest absolute Gasteiger partial charge is 0.252 e. The topological polar surface area (TPSA) is 118 Å². The molecule has 0 bridgehead atoms. The van der Waals surface area contributed by atoms with Crippen molar-refractivity contribution in [3.8, 4) is 6.07 Å². The van der Waals surface area contributed by atoms with Crippen LogP contribution in [0.25, 0.3) is 10.9 Å². The summed E-state index contributed by atoms with van der Waals surface area (Å²) in [6.45, 7) is 1.59. The van der Waals surface area contributed by atoms with Crippen molar-refractivity contribution in [2.45, 2.75) is 19.0 Å². The Labute approximate surface area is 149 Å². The van der Waals surface area contributed by atoms with Gasteiger partial charge in [-0.15, -0.1) is 5.10 Å². The highest BCUT2D eigenvalue weighted by molar-refractivity contribution is 5.91. The van der Waals surface area contributed by atoms with Gasteiger partial charge in [-0.05, 0) is 6.42 Å². The number of hydrogen-bond donors (Lipinski definition) is 1. The van der Waals surface area contributed by atoms with E-state index in [-0.39, 0.29) is 24.3 Å². The van der Waals surface area contributed by atoms with Crippen LogP contribution in [0.3, 0.4) is 0 Å². The van der Waals surface area contributed by atoms with Crippen molar-refractivity contribution < 1.29 is 4.79 Å². The highest BCUT2D eigenvalue weighted by atomic mass is 16.2. The average molecular weight is 351 g/mol. The zero-order valence-electron chi connectivity index (χ0n) is 14.2. The Morgan fingerprint density at radius 2 is 2.31 bits per heavy atom. The monoisotopic (exact) mass is 351 g/mol. The molecule has 0 unspecified atom stereocenters. The van der Waals surface area contributed by atoms with E-state index in [1.165, 1.54) is 11.0 Å². The molecule has 0 saturated carbocycles. The molecule has 1 N–H and O–H groups in total. The largest absolute Gasteiger partial charge is 0.368 e. The van der Waals surface area contributed by atoms with E-state index in [2.05, 4.69) is 30.4 Å². The Balaban J connectivity index is 1.40. The fraction of sp³-hybridized carbons (Fsp3) is 0.375. The molecule has 3 aromatic rings. The standard InChI is InChI=1S/C16H17N9O/c1-23-13-6-18-7-14(12(13)5-20-23)24-3-2-11(8-24)21-16(26)9-25-10-19-15(4-17)22-25/h5-7,10-11H,2-3,8-9H2,1H3,(H,21,26)/t11-/m0/s1. The van der Waals surface area contributed by atoms with Gasteiger partial charge in [0.1, 0.15) is 18.9 Å². The van der Waals surface area contributed by atoms with Gasteiger partial charge >= 0.3 is 0 Å². The number of pyridine rings is 1. The number of carbonyl (C=O) groups is 1. The Hall–Kier alpha value is -3.48. The van der Waals surface area contributed by atoms with Crippen LogP contribution >= 0.6 is 0 Å². The zero-order valence-corrected chi connectivity index (χ0v) is 14.2. The van der Waals surface area contributed by atoms with Crippen LogP contribution < -0.4 is 10.2 Å². The quantitative estimate of drug-likeness (QED) is 0.693. The lowest BCUT2D eigenvalue weighted by molar-refractivity contribution is -0.122. The predicted molar refractivity (Wildman–Crippen MR) is 92.0 cm³/mol. The van der Waals surface area contributed by atoms with Crippen molar-refractivity contribution >= 4 is 22.5 Å². The Kier molecular flexibility index (Phi) is 3.96. The number of nitriles is 1. The lowest BCUT2D eigenvalue weighted by atomic mass is 10.2. The van der Waals surface area contributed by atoms with Crippen LogP contribution in [-0.4, -0.2) is 54.6 Å². The lowest BCUT2D eigenvalue weighted by Gasteiger charge is -2.19. The minimum atomic E-state index is -0.149. The molecule has 1 aliphatic heterocycles. The van der Waals surface area contributed by atoms with Crippen LogP contribution in [0.1, 0.15) is 12.2 Å².